The number of aliphatic hydroxyl groups is 1. The summed E-state index contributed by atoms with van der Waals surface area (Å²) >= 11 is 0. The Hall–Kier alpha value is -1.35. The summed E-state index contributed by atoms with van der Waals surface area (Å²) in [5.41, 5.74) is 1.14. The number of carbonyl (C=O) groups is 1. The van der Waals surface area contributed by atoms with E-state index in [1.165, 1.54) is 0 Å². The summed E-state index contributed by atoms with van der Waals surface area (Å²) in [6.07, 6.45) is 0.851. The van der Waals surface area contributed by atoms with Crippen molar-refractivity contribution in [2.24, 2.45) is 5.92 Å². The third-order valence-corrected chi connectivity index (χ3v) is 3.92. The number of hydrogen-bond donors (Lipinski definition) is 1. The van der Waals surface area contributed by atoms with Crippen molar-refractivity contribution in [3.63, 3.8) is 0 Å². The number of aryl methyl sites for hydroxylation is 1. The van der Waals surface area contributed by atoms with E-state index in [1.807, 2.05) is 45.0 Å². The molecule has 0 atom stereocenters. The van der Waals surface area contributed by atoms with Crippen LogP contribution in [0.25, 0.3) is 0 Å². The highest BCUT2D eigenvalue weighted by Crippen LogP contribution is 2.30. The van der Waals surface area contributed by atoms with Crippen molar-refractivity contribution in [1.29, 1.82) is 0 Å². The van der Waals surface area contributed by atoms with E-state index in [1.54, 1.807) is 4.90 Å². The zero-order valence-electron chi connectivity index (χ0n) is 11.3. The molecule has 1 aromatic rings. The number of likely N-dealkylation sites (tertiary alicyclic amines) is 1. The minimum absolute atomic E-state index is 0.0396. The number of benzene rings is 1. The molecule has 1 amide bonds. The minimum Gasteiger partial charge on any atom is -0.386 e. The summed E-state index contributed by atoms with van der Waals surface area (Å²) in [4.78, 5) is 14.1. The number of β-amino-alcohol motifs (C(OH)–C–C–N with tert-alkyl or cyclic N) is 1. The van der Waals surface area contributed by atoms with Crippen LogP contribution in [-0.2, 0) is 6.42 Å². The highest BCUT2D eigenvalue weighted by atomic mass is 16.3. The molecule has 1 N–H and O–H groups in total. The molecule has 3 nitrogen and oxygen atoms in total. The Morgan fingerprint density at radius 3 is 2.56 bits per heavy atom. The first-order chi connectivity index (χ1) is 8.48. The Bertz CT molecular complexity index is 448. The van der Waals surface area contributed by atoms with Gasteiger partial charge in [-0.2, -0.15) is 0 Å². The second kappa shape index (κ2) is 4.73. The fourth-order valence-electron chi connectivity index (χ4n) is 2.33. The quantitative estimate of drug-likeness (QED) is 0.888. The summed E-state index contributed by atoms with van der Waals surface area (Å²) in [7, 11) is 0. The van der Waals surface area contributed by atoms with Crippen LogP contribution in [0.4, 0.5) is 0 Å². The topological polar surface area (TPSA) is 40.5 Å². The van der Waals surface area contributed by atoms with Gasteiger partial charge in [-0.1, -0.05) is 39.0 Å². The maximum absolute atomic E-state index is 12.3. The summed E-state index contributed by atoms with van der Waals surface area (Å²) < 4.78 is 0. The van der Waals surface area contributed by atoms with Crippen molar-refractivity contribution in [2.75, 3.05) is 13.1 Å². The lowest BCUT2D eigenvalue weighted by Crippen LogP contribution is -2.66. The average molecular weight is 247 g/mol. The van der Waals surface area contributed by atoms with Gasteiger partial charge in [0.05, 0.1) is 13.1 Å². The Balaban J connectivity index is 2.11. The van der Waals surface area contributed by atoms with Crippen molar-refractivity contribution in [3.05, 3.63) is 35.4 Å². The number of rotatable bonds is 3. The Morgan fingerprint density at radius 1 is 1.39 bits per heavy atom. The van der Waals surface area contributed by atoms with Crippen LogP contribution in [0.1, 0.15) is 36.7 Å². The lowest BCUT2D eigenvalue weighted by molar-refractivity contribution is -0.110. The van der Waals surface area contributed by atoms with Gasteiger partial charge in [0.25, 0.3) is 5.91 Å². The van der Waals surface area contributed by atoms with Crippen molar-refractivity contribution >= 4 is 5.91 Å². The second-order valence-corrected chi connectivity index (χ2v) is 5.43. The molecule has 1 aliphatic rings. The molecule has 1 aromatic carbocycles. The highest BCUT2D eigenvalue weighted by molar-refractivity contribution is 5.96. The first kappa shape index (κ1) is 13.1. The maximum Gasteiger partial charge on any atom is 0.254 e. The molecule has 0 spiro atoms. The fourth-order valence-corrected chi connectivity index (χ4v) is 2.33. The van der Waals surface area contributed by atoms with Crippen LogP contribution in [0.3, 0.4) is 0 Å². The molecule has 3 heteroatoms. The van der Waals surface area contributed by atoms with Crippen molar-refractivity contribution in [1.82, 2.24) is 4.90 Å². The lowest BCUT2D eigenvalue weighted by atomic mass is 9.82. The van der Waals surface area contributed by atoms with Gasteiger partial charge in [0, 0.05) is 5.56 Å². The molecule has 18 heavy (non-hydrogen) atoms. The normalized spacial score (nSPS) is 17.7. The highest BCUT2D eigenvalue weighted by Gasteiger charge is 2.46. The molecule has 0 radical (unpaired) electrons. The van der Waals surface area contributed by atoms with Gasteiger partial charge < -0.3 is 10.0 Å². The monoisotopic (exact) mass is 247 g/mol. The summed E-state index contributed by atoms with van der Waals surface area (Å²) in [5, 5.41) is 10.2. The molecule has 2 rings (SSSR count). The van der Waals surface area contributed by atoms with Crippen LogP contribution in [0, 0.1) is 5.92 Å². The van der Waals surface area contributed by atoms with Crippen LogP contribution in [-0.4, -0.2) is 34.6 Å². The Morgan fingerprint density at radius 2 is 2.00 bits per heavy atom. The third-order valence-electron chi connectivity index (χ3n) is 3.92. The zero-order valence-corrected chi connectivity index (χ0v) is 11.3. The van der Waals surface area contributed by atoms with E-state index in [-0.39, 0.29) is 11.8 Å². The van der Waals surface area contributed by atoms with Gasteiger partial charge in [0.1, 0.15) is 5.60 Å². The molecule has 1 fully saturated rings. The van der Waals surface area contributed by atoms with E-state index in [2.05, 4.69) is 0 Å². The Labute approximate surface area is 108 Å². The van der Waals surface area contributed by atoms with E-state index in [0.717, 1.165) is 17.5 Å². The molecular weight excluding hydrogens is 226 g/mol. The SMILES string of the molecule is CCc1ccccc1C(=O)N1CC(O)(C(C)C)C1. The van der Waals surface area contributed by atoms with E-state index >= 15 is 0 Å². The summed E-state index contributed by atoms with van der Waals surface area (Å²) in [6, 6.07) is 7.70. The van der Waals surface area contributed by atoms with E-state index in [4.69, 9.17) is 0 Å². The van der Waals surface area contributed by atoms with E-state index in [9.17, 15) is 9.90 Å². The molecule has 0 bridgehead atoms. The van der Waals surface area contributed by atoms with Crippen LogP contribution in [0.5, 0.6) is 0 Å². The van der Waals surface area contributed by atoms with Crippen molar-refractivity contribution in [3.8, 4) is 0 Å². The van der Waals surface area contributed by atoms with E-state index in [0.29, 0.717) is 13.1 Å². The second-order valence-electron chi connectivity index (χ2n) is 5.43. The van der Waals surface area contributed by atoms with E-state index < -0.39 is 5.60 Å². The predicted molar refractivity (Wildman–Crippen MR) is 71.5 cm³/mol. The molecule has 1 aliphatic heterocycles. The maximum atomic E-state index is 12.3. The predicted octanol–water partition coefficient (Wildman–Crippen LogP) is 2.09. The van der Waals surface area contributed by atoms with Gasteiger partial charge >= 0.3 is 0 Å². The third kappa shape index (κ3) is 2.15. The molecule has 0 aliphatic carbocycles. The smallest absolute Gasteiger partial charge is 0.254 e. The van der Waals surface area contributed by atoms with Crippen LogP contribution >= 0.6 is 0 Å². The zero-order chi connectivity index (χ0) is 13.3. The summed E-state index contributed by atoms with van der Waals surface area (Å²) in [6.45, 7) is 6.92. The van der Waals surface area contributed by atoms with Crippen molar-refractivity contribution in [2.45, 2.75) is 32.8 Å². The number of nitrogens with zero attached hydrogens (tertiary/aromatic N) is 1. The van der Waals surface area contributed by atoms with Crippen LogP contribution < -0.4 is 0 Å². The largest absolute Gasteiger partial charge is 0.386 e. The van der Waals surface area contributed by atoms with Gasteiger partial charge in [0.2, 0.25) is 0 Å². The molecule has 98 valence electrons. The van der Waals surface area contributed by atoms with Crippen LogP contribution in [0.2, 0.25) is 0 Å². The van der Waals surface area contributed by atoms with Crippen LogP contribution in [0.15, 0.2) is 24.3 Å². The first-order valence-electron chi connectivity index (χ1n) is 6.57. The van der Waals surface area contributed by atoms with Gasteiger partial charge in [-0.25, -0.2) is 0 Å². The molecule has 1 saturated heterocycles. The van der Waals surface area contributed by atoms with Gasteiger partial charge in [-0.15, -0.1) is 0 Å². The number of amides is 1. The molecule has 0 unspecified atom stereocenters. The molecule has 0 aromatic heterocycles. The minimum atomic E-state index is -0.698. The van der Waals surface area contributed by atoms with Gasteiger partial charge in [0.15, 0.2) is 0 Å². The Kier molecular flexibility index (Phi) is 3.44. The number of hydrogen-bond acceptors (Lipinski definition) is 2. The standard InChI is InChI=1S/C15H21NO2/c1-4-12-7-5-6-8-13(12)14(17)16-9-15(18,10-16)11(2)3/h5-8,11,18H,4,9-10H2,1-3H3. The first-order valence-corrected chi connectivity index (χ1v) is 6.57. The number of carbonyl (C=O) groups excluding carboxylic acids is 1. The lowest BCUT2D eigenvalue weighted by Gasteiger charge is -2.49. The van der Waals surface area contributed by atoms with Gasteiger partial charge in [-0.3, -0.25) is 4.79 Å². The molecule has 0 saturated carbocycles. The van der Waals surface area contributed by atoms with Crippen molar-refractivity contribution < 1.29 is 9.90 Å². The molecular formula is C15H21NO2. The fraction of sp³-hybridized carbons (Fsp3) is 0.533. The van der Waals surface area contributed by atoms with Gasteiger partial charge in [-0.05, 0) is 24.0 Å². The molecule has 1 heterocycles. The average Bonchev–Trinajstić information content (AvgIpc) is 2.33. The summed E-state index contributed by atoms with van der Waals surface area (Å²) in [5.74, 6) is 0.223.